The Balaban J connectivity index is 1.32. The van der Waals surface area contributed by atoms with E-state index in [-0.39, 0.29) is 12.0 Å². The fourth-order valence-electron chi connectivity index (χ4n) is 4.56. The lowest BCUT2D eigenvalue weighted by Gasteiger charge is -2.26. The van der Waals surface area contributed by atoms with Crippen LogP contribution in [-0.2, 0) is 16.0 Å². The van der Waals surface area contributed by atoms with Crippen molar-refractivity contribution < 1.29 is 19.1 Å². The van der Waals surface area contributed by atoms with Gasteiger partial charge in [0.15, 0.2) is 0 Å². The summed E-state index contributed by atoms with van der Waals surface area (Å²) in [6, 6.07) is 10.9. The summed E-state index contributed by atoms with van der Waals surface area (Å²) in [4.78, 5) is 34.8. The Morgan fingerprint density at radius 3 is 2.51 bits per heavy atom. The van der Waals surface area contributed by atoms with Gasteiger partial charge in [0.2, 0.25) is 5.91 Å². The predicted molar refractivity (Wildman–Crippen MR) is 140 cm³/mol. The van der Waals surface area contributed by atoms with E-state index in [0.29, 0.717) is 72.6 Å². The molecular formula is C27H26ClN5O4. The van der Waals surface area contributed by atoms with Crippen molar-refractivity contribution in [3.05, 3.63) is 76.6 Å². The number of benzene rings is 1. The molecule has 2 aliphatic heterocycles. The molecule has 1 saturated heterocycles. The van der Waals surface area contributed by atoms with Crippen LogP contribution < -0.4 is 16.2 Å². The van der Waals surface area contributed by atoms with Gasteiger partial charge in [0.05, 0.1) is 29.5 Å². The van der Waals surface area contributed by atoms with Crippen LogP contribution in [0, 0.1) is 0 Å². The van der Waals surface area contributed by atoms with Crippen molar-refractivity contribution in [3.8, 4) is 17.0 Å². The van der Waals surface area contributed by atoms with Gasteiger partial charge < -0.3 is 25.8 Å². The molecule has 0 aliphatic carbocycles. The molecule has 0 bridgehead atoms. The van der Waals surface area contributed by atoms with Gasteiger partial charge in [0.25, 0.3) is 5.91 Å². The number of nitrogens with two attached hydrogens (primary N) is 2. The molecule has 2 aliphatic rings. The molecule has 10 heteroatoms. The highest BCUT2D eigenvalue weighted by Crippen LogP contribution is 2.41. The number of ether oxygens (including phenoxy) is 2. The fraction of sp³-hybridized carbons (Fsp3) is 0.259. The normalized spacial score (nSPS) is 17.3. The van der Waals surface area contributed by atoms with Crippen LogP contribution in [0.25, 0.3) is 16.8 Å². The number of carbonyl (C=O) groups excluding carboxylic acids is 2. The Bertz CT molecular complexity index is 1350. The van der Waals surface area contributed by atoms with Gasteiger partial charge in [0, 0.05) is 55.5 Å². The summed E-state index contributed by atoms with van der Waals surface area (Å²) in [5, 5.41) is 0.472. The van der Waals surface area contributed by atoms with Gasteiger partial charge in [-0.05, 0) is 47.5 Å². The minimum absolute atomic E-state index is 0.0540. The summed E-state index contributed by atoms with van der Waals surface area (Å²) < 4.78 is 11.5. The second kappa shape index (κ2) is 10.6. The van der Waals surface area contributed by atoms with Gasteiger partial charge in [-0.15, -0.1) is 0 Å². The van der Waals surface area contributed by atoms with Gasteiger partial charge >= 0.3 is 0 Å². The number of nitrogen functional groups attached to an aromatic ring is 1. The van der Waals surface area contributed by atoms with Crippen LogP contribution in [0.1, 0.15) is 27.9 Å². The number of aromatic nitrogens is 2. The largest absolute Gasteiger partial charge is 0.488 e. The summed E-state index contributed by atoms with van der Waals surface area (Å²) in [5.74, 6) is 0.396. The van der Waals surface area contributed by atoms with E-state index in [1.165, 1.54) is 6.08 Å². The molecule has 2 aromatic heterocycles. The van der Waals surface area contributed by atoms with E-state index in [2.05, 4.69) is 9.97 Å². The Kier molecular flexibility index (Phi) is 7.07. The van der Waals surface area contributed by atoms with Crippen LogP contribution in [0.15, 0.2) is 54.9 Å². The number of pyridine rings is 2. The van der Waals surface area contributed by atoms with Crippen molar-refractivity contribution >= 4 is 34.8 Å². The van der Waals surface area contributed by atoms with Crippen molar-refractivity contribution in [1.29, 1.82) is 0 Å². The number of hydrogen-bond donors (Lipinski definition) is 2. The SMILES string of the molecule is NC(=O)C=C(CC1Cc2cc(-c3ccc(C(=O)N4CCOCC4)cn3)cc(Cl)c2O1)c1ccc(N)nc1. The van der Waals surface area contributed by atoms with Crippen LogP contribution in [0.5, 0.6) is 5.75 Å². The Morgan fingerprint density at radius 1 is 1.08 bits per heavy atom. The van der Waals surface area contributed by atoms with Crippen LogP contribution in [0.3, 0.4) is 0 Å². The number of carbonyl (C=O) groups is 2. The number of amides is 2. The molecule has 0 spiro atoms. The minimum Gasteiger partial charge on any atom is -0.488 e. The van der Waals surface area contributed by atoms with Crippen molar-refractivity contribution in [2.24, 2.45) is 5.73 Å². The first-order valence-corrected chi connectivity index (χ1v) is 12.3. The number of rotatable bonds is 6. The van der Waals surface area contributed by atoms with Crippen molar-refractivity contribution in [3.63, 3.8) is 0 Å². The maximum Gasteiger partial charge on any atom is 0.255 e. The highest BCUT2D eigenvalue weighted by molar-refractivity contribution is 6.32. The summed E-state index contributed by atoms with van der Waals surface area (Å²) in [7, 11) is 0. The van der Waals surface area contributed by atoms with Crippen molar-refractivity contribution in [2.75, 3.05) is 32.0 Å². The molecule has 4 N–H and O–H groups in total. The summed E-state index contributed by atoms with van der Waals surface area (Å²) >= 11 is 6.59. The Labute approximate surface area is 219 Å². The van der Waals surface area contributed by atoms with E-state index in [0.717, 1.165) is 16.7 Å². The maximum absolute atomic E-state index is 12.7. The molecule has 0 saturated carbocycles. The molecule has 3 aromatic rings. The number of fused-ring (bicyclic) bond motifs is 1. The molecule has 4 heterocycles. The molecule has 1 atom stereocenters. The molecular weight excluding hydrogens is 494 g/mol. The van der Waals surface area contributed by atoms with Crippen LogP contribution in [0.2, 0.25) is 5.02 Å². The standard InChI is InChI=1S/C27H26ClN5O4/c28-22-12-19(23-3-1-17(15-31-23)27(35)33-5-7-36-8-6-33)9-20-11-21(37-26(20)22)10-18(13-25(30)34)16-2-4-24(29)32-14-16/h1-4,9,12-15,21H,5-8,10-11H2,(H2,29,32)(H2,30,34). The number of halogens is 1. The van der Waals surface area contributed by atoms with E-state index in [9.17, 15) is 9.59 Å². The van der Waals surface area contributed by atoms with Gasteiger partial charge in [-0.3, -0.25) is 14.6 Å². The molecule has 2 amide bonds. The molecule has 5 rings (SSSR count). The zero-order chi connectivity index (χ0) is 25.9. The number of hydrogen-bond acceptors (Lipinski definition) is 7. The summed E-state index contributed by atoms with van der Waals surface area (Å²) in [6.07, 6.45) is 5.37. The van der Waals surface area contributed by atoms with Gasteiger partial charge in [-0.2, -0.15) is 0 Å². The van der Waals surface area contributed by atoms with Crippen molar-refractivity contribution in [2.45, 2.75) is 18.9 Å². The van der Waals surface area contributed by atoms with Crippen LogP contribution >= 0.6 is 11.6 Å². The van der Waals surface area contributed by atoms with Crippen LogP contribution in [0.4, 0.5) is 5.82 Å². The average molecular weight is 520 g/mol. The van der Waals surface area contributed by atoms with E-state index in [4.69, 9.17) is 32.5 Å². The molecule has 1 fully saturated rings. The predicted octanol–water partition coefficient (Wildman–Crippen LogP) is 3.11. The number of nitrogens with zero attached hydrogens (tertiary/aromatic N) is 3. The van der Waals surface area contributed by atoms with E-state index < -0.39 is 5.91 Å². The summed E-state index contributed by atoms with van der Waals surface area (Å²) in [6.45, 7) is 2.25. The Morgan fingerprint density at radius 2 is 1.84 bits per heavy atom. The molecule has 9 nitrogen and oxygen atoms in total. The highest BCUT2D eigenvalue weighted by atomic mass is 35.5. The average Bonchev–Trinajstić information content (AvgIpc) is 3.32. The second-order valence-electron chi connectivity index (χ2n) is 8.97. The third-order valence-corrected chi connectivity index (χ3v) is 6.66. The number of anilines is 1. The first-order chi connectivity index (χ1) is 17.9. The topological polar surface area (TPSA) is 134 Å². The van der Waals surface area contributed by atoms with Gasteiger partial charge in [-0.1, -0.05) is 11.6 Å². The lowest BCUT2D eigenvalue weighted by Crippen LogP contribution is -2.40. The lowest BCUT2D eigenvalue weighted by molar-refractivity contribution is -0.113. The third kappa shape index (κ3) is 5.58. The molecule has 1 unspecified atom stereocenters. The summed E-state index contributed by atoms with van der Waals surface area (Å²) in [5.41, 5.74) is 15.6. The van der Waals surface area contributed by atoms with Crippen molar-refractivity contribution in [1.82, 2.24) is 14.9 Å². The van der Waals surface area contributed by atoms with Gasteiger partial charge in [-0.25, -0.2) is 4.98 Å². The van der Waals surface area contributed by atoms with Crippen LogP contribution in [-0.4, -0.2) is 59.1 Å². The first-order valence-electron chi connectivity index (χ1n) is 11.9. The molecule has 190 valence electrons. The monoisotopic (exact) mass is 519 g/mol. The maximum atomic E-state index is 12.7. The zero-order valence-electron chi connectivity index (χ0n) is 20.0. The third-order valence-electron chi connectivity index (χ3n) is 6.38. The first kappa shape index (κ1) is 24.7. The van der Waals surface area contributed by atoms with E-state index in [1.54, 1.807) is 41.6 Å². The number of primary amides is 1. The quantitative estimate of drug-likeness (QED) is 0.478. The molecule has 1 aromatic carbocycles. The van der Waals surface area contributed by atoms with E-state index in [1.807, 2.05) is 12.1 Å². The minimum atomic E-state index is -0.552. The lowest BCUT2D eigenvalue weighted by atomic mass is 9.97. The fourth-order valence-corrected chi connectivity index (χ4v) is 4.85. The second-order valence-corrected chi connectivity index (χ2v) is 9.38. The smallest absolute Gasteiger partial charge is 0.255 e. The van der Waals surface area contributed by atoms with E-state index >= 15 is 0 Å². The highest BCUT2D eigenvalue weighted by Gasteiger charge is 2.28. The Hall–Kier alpha value is -3.95. The molecule has 37 heavy (non-hydrogen) atoms. The zero-order valence-corrected chi connectivity index (χ0v) is 20.8. The molecule has 0 radical (unpaired) electrons. The number of morpholine rings is 1. The van der Waals surface area contributed by atoms with Gasteiger partial charge in [0.1, 0.15) is 17.7 Å².